The van der Waals surface area contributed by atoms with E-state index in [2.05, 4.69) is 4.98 Å². The van der Waals surface area contributed by atoms with Crippen LogP contribution in [0.5, 0.6) is 5.75 Å². The second kappa shape index (κ2) is 3.49. The highest BCUT2D eigenvalue weighted by Gasteiger charge is 2.04. The third kappa shape index (κ3) is 1.69. The summed E-state index contributed by atoms with van der Waals surface area (Å²) in [6.07, 6.45) is 1.52. The average molecular weight is 202 g/mol. The van der Waals surface area contributed by atoms with Crippen LogP contribution in [-0.4, -0.2) is 10.1 Å². The van der Waals surface area contributed by atoms with Gasteiger partial charge >= 0.3 is 0 Å². The molecule has 4 nitrogen and oxygen atoms in total. The first-order chi connectivity index (χ1) is 7.18. The first kappa shape index (κ1) is 9.33. The average Bonchev–Trinajstić information content (AvgIpc) is 2.23. The van der Waals surface area contributed by atoms with Crippen molar-refractivity contribution in [1.82, 2.24) is 4.98 Å². The van der Waals surface area contributed by atoms with Crippen LogP contribution in [0.3, 0.4) is 0 Å². The first-order valence-electron chi connectivity index (χ1n) is 4.45. The van der Waals surface area contributed by atoms with Crippen LogP contribution in [0.15, 0.2) is 41.3 Å². The van der Waals surface area contributed by atoms with E-state index in [0.29, 0.717) is 11.1 Å². The summed E-state index contributed by atoms with van der Waals surface area (Å²) >= 11 is 0. The van der Waals surface area contributed by atoms with Crippen LogP contribution in [0, 0.1) is 0 Å². The van der Waals surface area contributed by atoms with Crippen molar-refractivity contribution in [3.8, 4) is 16.9 Å². The number of hydrogen-bond acceptors (Lipinski definition) is 3. The second-order valence-electron chi connectivity index (χ2n) is 3.19. The molecule has 0 aliphatic heterocycles. The number of aromatic hydroxyl groups is 1. The summed E-state index contributed by atoms with van der Waals surface area (Å²) in [5.41, 5.74) is 6.62. The molecule has 0 unspecified atom stereocenters. The molecule has 0 spiro atoms. The molecule has 0 saturated carbocycles. The van der Waals surface area contributed by atoms with Gasteiger partial charge in [-0.3, -0.25) is 4.79 Å². The van der Waals surface area contributed by atoms with E-state index < -0.39 is 0 Å². The Bertz CT molecular complexity index is 546. The van der Waals surface area contributed by atoms with Crippen LogP contribution in [0.25, 0.3) is 11.1 Å². The van der Waals surface area contributed by atoms with Crippen molar-refractivity contribution in [3.05, 3.63) is 46.9 Å². The monoisotopic (exact) mass is 202 g/mol. The molecule has 76 valence electrons. The molecule has 0 atom stereocenters. The molecule has 2 aromatic rings. The van der Waals surface area contributed by atoms with Crippen molar-refractivity contribution in [2.75, 3.05) is 5.73 Å². The fourth-order valence-electron chi connectivity index (χ4n) is 1.37. The Morgan fingerprint density at radius 3 is 2.67 bits per heavy atom. The standard InChI is InChI=1S/C11H10N2O2/c12-9-5-7(6-13-11(9)15)8-3-1-2-4-10(8)14/h1-6,14H,12H2,(H,13,15). The molecule has 4 N–H and O–H groups in total. The summed E-state index contributed by atoms with van der Waals surface area (Å²) in [7, 11) is 0. The van der Waals surface area contributed by atoms with Gasteiger partial charge in [0.1, 0.15) is 5.75 Å². The number of nitrogen functional groups attached to an aromatic ring is 1. The molecular weight excluding hydrogens is 192 g/mol. The highest BCUT2D eigenvalue weighted by atomic mass is 16.3. The lowest BCUT2D eigenvalue weighted by atomic mass is 10.1. The molecule has 15 heavy (non-hydrogen) atoms. The van der Waals surface area contributed by atoms with Gasteiger partial charge in [0.05, 0.1) is 5.69 Å². The number of nitrogens with one attached hydrogen (secondary N) is 1. The smallest absolute Gasteiger partial charge is 0.271 e. The Morgan fingerprint density at radius 1 is 1.27 bits per heavy atom. The minimum Gasteiger partial charge on any atom is -0.507 e. The van der Waals surface area contributed by atoms with Crippen LogP contribution >= 0.6 is 0 Å². The van der Waals surface area contributed by atoms with Crippen LogP contribution in [0.4, 0.5) is 5.69 Å². The lowest BCUT2D eigenvalue weighted by Gasteiger charge is -2.04. The third-order valence-corrected chi connectivity index (χ3v) is 2.15. The van der Waals surface area contributed by atoms with Gasteiger partial charge in [-0.25, -0.2) is 0 Å². The molecule has 0 aliphatic rings. The molecule has 0 bridgehead atoms. The molecular formula is C11H10N2O2. The maximum Gasteiger partial charge on any atom is 0.271 e. The van der Waals surface area contributed by atoms with E-state index in [4.69, 9.17) is 5.73 Å². The van der Waals surface area contributed by atoms with E-state index in [9.17, 15) is 9.90 Å². The van der Waals surface area contributed by atoms with Crippen molar-refractivity contribution in [2.45, 2.75) is 0 Å². The van der Waals surface area contributed by atoms with Crippen molar-refractivity contribution >= 4 is 5.69 Å². The molecule has 4 heteroatoms. The van der Waals surface area contributed by atoms with Crippen LogP contribution < -0.4 is 11.3 Å². The first-order valence-corrected chi connectivity index (χ1v) is 4.45. The van der Waals surface area contributed by atoms with Gasteiger partial charge in [0.2, 0.25) is 0 Å². The van der Waals surface area contributed by atoms with Gasteiger partial charge in [0, 0.05) is 17.3 Å². The summed E-state index contributed by atoms with van der Waals surface area (Å²) in [6, 6.07) is 8.40. The van der Waals surface area contributed by atoms with Crippen molar-refractivity contribution in [3.63, 3.8) is 0 Å². The number of H-pyrrole nitrogens is 1. The maximum absolute atomic E-state index is 11.0. The number of aromatic nitrogens is 1. The van der Waals surface area contributed by atoms with E-state index in [1.165, 1.54) is 12.3 Å². The number of phenolic OH excluding ortho intramolecular Hbond substituents is 1. The Labute approximate surface area is 86.0 Å². The van der Waals surface area contributed by atoms with E-state index in [1.807, 2.05) is 0 Å². The van der Waals surface area contributed by atoms with Crippen LogP contribution in [0.1, 0.15) is 0 Å². The largest absolute Gasteiger partial charge is 0.507 e. The number of aromatic amines is 1. The Kier molecular flexibility index (Phi) is 2.17. The SMILES string of the molecule is Nc1cc(-c2ccccc2O)c[nH]c1=O. The highest BCUT2D eigenvalue weighted by molar-refractivity contribution is 5.71. The minimum absolute atomic E-state index is 0.135. The highest BCUT2D eigenvalue weighted by Crippen LogP contribution is 2.27. The lowest BCUT2D eigenvalue weighted by Crippen LogP contribution is -2.10. The number of pyridine rings is 1. The van der Waals surface area contributed by atoms with Crippen molar-refractivity contribution < 1.29 is 5.11 Å². The van der Waals surface area contributed by atoms with Gasteiger partial charge in [-0.05, 0) is 12.1 Å². The number of rotatable bonds is 1. The predicted octanol–water partition coefficient (Wildman–Crippen LogP) is 1.33. The van der Waals surface area contributed by atoms with Crippen LogP contribution in [0.2, 0.25) is 0 Å². The van der Waals surface area contributed by atoms with Gasteiger partial charge in [-0.2, -0.15) is 0 Å². The normalized spacial score (nSPS) is 10.1. The maximum atomic E-state index is 11.0. The van der Waals surface area contributed by atoms with E-state index in [0.717, 1.165) is 0 Å². The zero-order chi connectivity index (χ0) is 10.8. The predicted molar refractivity (Wildman–Crippen MR) is 58.6 cm³/mol. The lowest BCUT2D eigenvalue weighted by molar-refractivity contribution is 0.477. The van der Waals surface area contributed by atoms with Gasteiger partial charge < -0.3 is 15.8 Å². The zero-order valence-electron chi connectivity index (χ0n) is 7.90. The Hall–Kier alpha value is -2.23. The number of phenols is 1. The molecule has 0 radical (unpaired) electrons. The van der Waals surface area contributed by atoms with Gasteiger partial charge in [0.25, 0.3) is 5.56 Å². The Morgan fingerprint density at radius 2 is 2.00 bits per heavy atom. The topological polar surface area (TPSA) is 79.1 Å². The molecule has 0 amide bonds. The molecule has 1 aromatic carbocycles. The fourth-order valence-corrected chi connectivity index (χ4v) is 1.37. The van der Waals surface area contributed by atoms with Crippen molar-refractivity contribution in [1.29, 1.82) is 0 Å². The van der Waals surface area contributed by atoms with E-state index in [1.54, 1.807) is 24.3 Å². The quantitative estimate of drug-likeness (QED) is 0.652. The van der Waals surface area contributed by atoms with Gasteiger partial charge in [-0.15, -0.1) is 0 Å². The van der Waals surface area contributed by atoms with E-state index >= 15 is 0 Å². The summed E-state index contributed by atoms with van der Waals surface area (Å²) in [6.45, 7) is 0. The van der Waals surface area contributed by atoms with Crippen LogP contribution in [-0.2, 0) is 0 Å². The molecule has 2 rings (SSSR count). The minimum atomic E-state index is -0.325. The number of benzene rings is 1. The third-order valence-electron chi connectivity index (χ3n) is 2.15. The summed E-state index contributed by atoms with van der Waals surface area (Å²) < 4.78 is 0. The number of nitrogens with two attached hydrogens (primary N) is 1. The Balaban J connectivity index is 2.60. The number of anilines is 1. The second-order valence-corrected chi connectivity index (χ2v) is 3.19. The van der Waals surface area contributed by atoms with E-state index in [-0.39, 0.29) is 17.0 Å². The zero-order valence-corrected chi connectivity index (χ0v) is 7.90. The van der Waals surface area contributed by atoms with Gasteiger partial charge in [0.15, 0.2) is 0 Å². The van der Waals surface area contributed by atoms with Crippen molar-refractivity contribution in [2.24, 2.45) is 0 Å². The molecule has 0 fully saturated rings. The molecule has 0 aliphatic carbocycles. The fraction of sp³-hybridized carbons (Fsp3) is 0. The number of hydrogen-bond donors (Lipinski definition) is 3. The summed E-state index contributed by atoms with van der Waals surface area (Å²) in [5, 5.41) is 9.59. The summed E-state index contributed by atoms with van der Waals surface area (Å²) in [5.74, 6) is 0.156. The molecule has 1 aromatic heterocycles. The van der Waals surface area contributed by atoms with Gasteiger partial charge in [-0.1, -0.05) is 18.2 Å². The summed E-state index contributed by atoms with van der Waals surface area (Å²) in [4.78, 5) is 13.5. The molecule has 0 saturated heterocycles. The number of para-hydroxylation sites is 1. The molecule has 1 heterocycles.